The summed E-state index contributed by atoms with van der Waals surface area (Å²) in [5, 5.41) is 0. The van der Waals surface area contributed by atoms with Crippen LogP contribution in [-0.2, 0) is 19.1 Å². The van der Waals surface area contributed by atoms with E-state index in [1.807, 2.05) is 0 Å². The lowest BCUT2D eigenvalue weighted by molar-refractivity contribution is -0.136. The molecule has 0 aromatic carbocycles. The third-order valence-corrected chi connectivity index (χ3v) is 1.88. The van der Waals surface area contributed by atoms with Gasteiger partial charge in [-0.15, -0.1) is 0 Å². The van der Waals surface area contributed by atoms with E-state index in [1.165, 1.54) is 14.2 Å². The summed E-state index contributed by atoms with van der Waals surface area (Å²) in [6.45, 7) is 7.02. The fourth-order valence-corrected chi connectivity index (χ4v) is 0.558. The second kappa shape index (κ2) is 12.5. The minimum absolute atomic E-state index is 0. The van der Waals surface area contributed by atoms with Gasteiger partial charge in [-0.05, 0) is 27.7 Å². The quantitative estimate of drug-likeness (QED) is 0.553. The smallest absolute Gasteiger partial charge is 0.333 e. The molecule has 0 aromatic heterocycles. The van der Waals surface area contributed by atoms with Crippen LogP contribution in [0.3, 0.4) is 0 Å². The fraction of sp³-hybridized carbons (Fsp3) is 0.538. The molecule has 0 unspecified atom stereocenters. The molecule has 4 heteroatoms. The van der Waals surface area contributed by atoms with E-state index in [0.29, 0.717) is 11.1 Å². The van der Waals surface area contributed by atoms with Crippen LogP contribution in [0.25, 0.3) is 0 Å². The van der Waals surface area contributed by atoms with Crippen LogP contribution in [-0.4, -0.2) is 26.2 Å². The summed E-state index contributed by atoms with van der Waals surface area (Å²) in [6.07, 6.45) is 3.43. The number of ether oxygens (including phenoxy) is 2. The lowest BCUT2D eigenvalue weighted by atomic mass is 10.3. The molecule has 0 saturated heterocycles. The highest BCUT2D eigenvalue weighted by Crippen LogP contribution is 1.92. The van der Waals surface area contributed by atoms with E-state index >= 15 is 0 Å². The van der Waals surface area contributed by atoms with Crippen LogP contribution in [0.4, 0.5) is 0 Å². The standard InChI is InChI=1S/2C6H10O2.CH4/c2*1-4-5(2)6(7)8-3;/h2*4H,1-3H3;1H4/b5-4+;5-4-;. The predicted octanol–water partition coefficient (Wildman–Crippen LogP) is 2.89. The summed E-state index contributed by atoms with van der Waals surface area (Å²) in [5.41, 5.74) is 1.29. The summed E-state index contributed by atoms with van der Waals surface area (Å²) in [4.78, 5) is 20.9. The monoisotopic (exact) mass is 244 g/mol. The SMILES string of the molecule is C.C/C=C(/C)C(=O)OC.C/C=C(\C)C(=O)OC. The van der Waals surface area contributed by atoms with Gasteiger partial charge in [-0.3, -0.25) is 0 Å². The molecule has 0 heterocycles. The Labute approximate surface area is 104 Å². The summed E-state index contributed by atoms with van der Waals surface area (Å²) in [5.74, 6) is -0.514. The first-order valence-corrected chi connectivity index (χ1v) is 4.87. The van der Waals surface area contributed by atoms with Crippen molar-refractivity contribution in [1.29, 1.82) is 0 Å². The highest BCUT2D eigenvalue weighted by atomic mass is 16.5. The third-order valence-electron chi connectivity index (χ3n) is 1.88. The summed E-state index contributed by atoms with van der Waals surface area (Å²) >= 11 is 0. The second-order valence-corrected chi connectivity index (χ2v) is 2.93. The molecular weight excluding hydrogens is 220 g/mol. The van der Waals surface area contributed by atoms with Gasteiger partial charge in [0.1, 0.15) is 0 Å². The topological polar surface area (TPSA) is 52.6 Å². The number of hydrogen-bond donors (Lipinski definition) is 0. The van der Waals surface area contributed by atoms with Crippen LogP contribution in [0.2, 0.25) is 0 Å². The molecule has 0 saturated carbocycles. The molecule has 0 spiro atoms. The molecule has 17 heavy (non-hydrogen) atoms. The average Bonchev–Trinajstić information content (AvgIpc) is 2.35. The Morgan fingerprint density at radius 3 is 1.12 bits per heavy atom. The molecule has 0 amide bonds. The van der Waals surface area contributed by atoms with Gasteiger partial charge in [0, 0.05) is 11.1 Å². The number of methoxy groups -OCH3 is 2. The normalized spacial score (nSPS) is 10.5. The molecule has 0 bridgehead atoms. The first kappa shape index (κ1) is 20.8. The minimum Gasteiger partial charge on any atom is -0.466 e. The number of carbonyl (C=O) groups excluding carboxylic acids is 2. The van der Waals surface area contributed by atoms with Crippen molar-refractivity contribution < 1.29 is 19.1 Å². The van der Waals surface area contributed by atoms with E-state index in [4.69, 9.17) is 0 Å². The maximum Gasteiger partial charge on any atom is 0.333 e. The molecule has 0 aromatic rings. The van der Waals surface area contributed by atoms with Gasteiger partial charge in [-0.2, -0.15) is 0 Å². The van der Waals surface area contributed by atoms with Crippen LogP contribution in [0.1, 0.15) is 35.1 Å². The van der Waals surface area contributed by atoms with E-state index in [2.05, 4.69) is 9.47 Å². The molecule has 0 aliphatic heterocycles. The van der Waals surface area contributed by atoms with Gasteiger partial charge >= 0.3 is 11.9 Å². The lowest BCUT2D eigenvalue weighted by Crippen LogP contribution is -2.00. The first-order chi connectivity index (χ1) is 7.44. The van der Waals surface area contributed by atoms with Crippen molar-refractivity contribution in [3.05, 3.63) is 23.3 Å². The molecule has 0 atom stereocenters. The molecule has 0 N–H and O–H groups in total. The van der Waals surface area contributed by atoms with Crippen molar-refractivity contribution in [1.82, 2.24) is 0 Å². The Morgan fingerprint density at radius 2 is 1.06 bits per heavy atom. The van der Waals surface area contributed by atoms with E-state index < -0.39 is 0 Å². The van der Waals surface area contributed by atoms with E-state index in [1.54, 1.807) is 39.8 Å². The second-order valence-electron chi connectivity index (χ2n) is 2.93. The maximum atomic E-state index is 10.5. The summed E-state index contributed by atoms with van der Waals surface area (Å²) < 4.78 is 8.79. The minimum atomic E-state index is -0.257. The Hall–Kier alpha value is -1.58. The molecule has 0 rings (SSSR count). The molecule has 4 nitrogen and oxygen atoms in total. The van der Waals surface area contributed by atoms with Crippen molar-refractivity contribution in [2.45, 2.75) is 35.1 Å². The van der Waals surface area contributed by atoms with E-state index in [-0.39, 0.29) is 19.4 Å². The number of carbonyl (C=O) groups is 2. The van der Waals surface area contributed by atoms with Crippen LogP contribution >= 0.6 is 0 Å². The molecule has 0 radical (unpaired) electrons. The highest BCUT2D eigenvalue weighted by molar-refractivity contribution is 5.87. The maximum absolute atomic E-state index is 10.5. The van der Waals surface area contributed by atoms with Crippen molar-refractivity contribution in [2.24, 2.45) is 0 Å². The fourth-order valence-electron chi connectivity index (χ4n) is 0.558. The van der Waals surface area contributed by atoms with Gasteiger partial charge in [0.15, 0.2) is 0 Å². The van der Waals surface area contributed by atoms with Crippen molar-refractivity contribution >= 4 is 11.9 Å². The Bertz CT molecular complexity index is 258. The number of esters is 2. The largest absolute Gasteiger partial charge is 0.466 e. The molecular formula is C13H24O4. The van der Waals surface area contributed by atoms with Crippen LogP contribution < -0.4 is 0 Å². The average molecular weight is 244 g/mol. The van der Waals surface area contributed by atoms with Crippen molar-refractivity contribution in [3.63, 3.8) is 0 Å². The van der Waals surface area contributed by atoms with Gasteiger partial charge < -0.3 is 9.47 Å². The zero-order chi connectivity index (χ0) is 13.1. The van der Waals surface area contributed by atoms with Gasteiger partial charge in [-0.25, -0.2) is 9.59 Å². The van der Waals surface area contributed by atoms with Gasteiger partial charge in [-0.1, -0.05) is 19.6 Å². The van der Waals surface area contributed by atoms with Crippen LogP contribution in [0.15, 0.2) is 23.3 Å². The van der Waals surface area contributed by atoms with Crippen molar-refractivity contribution in [2.75, 3.05) is 14.2 Å². The molecule has 0 aliphatic rings. The van der Waals surface area contributed by atoms with Gasteiger partial charge in [0.05, 0.1) is 14.2 Å². The highest BCUT2D eigenvalue weighted by Gasteiger charge is 1.98. The lowest BCUT2D eigenvalue weighted by Gasteiger charge is -1.93. The predicted molar refractivity (Wildman–Crippen MR) is 69.6 cm³/mol. The van der Waals surface area contributed by atoms with Crippen LogP contribution in [0.5, 0.6) is 0 Å². The van der Waals surface area contributed by atoms with E-state index in [0.717, 1.165) is 0 Å². The third kappa shape index (κ3) is 10.7. The number of rotatable bonds is 2. The van der Waals surface area contributed by atoms with E-state index in [9.17, 15) is 9.59 Å². The Morgan fingerprint density at radius 1 is 0.824 bits per heavy atom. The molecule has 0 fully saturated rings. The molecule has 0 aliphatic carbocycles. The first-order valence-electron chi connectivity index (χ1n) is 4.87. The summed E-state index contributed by atoms with van der Waals surface area (Å²) in [6, 6.07) is 0. The number of allylic oxidation sites excluding steroid dienone is 2. The van der Waals surface area contributed by atoms with Gasteiger partial charge in [0.2, 0.25) is 0 Å². The molecule has 100 valence electrons. The van der Waals surface area contributed by atoms with Gasteiger partial charge in [0.25, 0.3) is 0 Å². The Balaban J connectivity index is -0.000000218. The van der Waals surface area contributed by atoms with Crippen molar-refractivity contribution in [3.8, 4) is 0 Å². The zero-order valence-corrected chi connectivity index (χ0v) is 10.8. The zero-order valence-electron chi connectivity index (χ0n) is 10.8. The summed E-state index contributed by atoms with van der Waals surface area (Å²) in [7, 11) is 2.74. The Kier molecular flexibility index (Phi) is 15.3. The van der Waals surface area contributed by atoms with Crippen LogP contribution in [0, 0.1) is 0 Å². The number of hydrogen-bond acceptors (Lipinski definition) is 4.